The standard InChI is InChI=1S/C29H31ClN6O3.C13H16ClNO4/c1-19-27(21-16-22(30)26(37-2)17-24(21)33-28(19)23-5-3-4-6-31-23)34-25-15-20(35-7-11-38-12-8-35)18-32-29(25)36-9-13-39-14-10-36;1-4-19-13(17)8(2)12(16)15-9-5-6-10(14)11(7-9)18-3/h3-6,15-18H,7-14H2,1-2H3,(H,33,34);5-8H,4H2,1-3H3,(H,15,16). The van der Waals surface area contributed by atoms with Crippen molar-refractivity contribution in [2.24, 2.45) is 5.92 Å². The smallest absolute Gasteiger partial charge is 0.318 e. The van der Waals surface area contributed by atoms with Gasteiger partial charge in [0.2, 0.25) is 5.91 Å². The van der Waals surface area contributed by atoms with Crippen LogP contribution in [0, 0.1) is 12.8 Å². The number of rotatable bonds is 11. The Hall–Kier alpha value is -5.41. The van der Waals surface area contributed by atoms with Crippen molar-refractivity contribution in [1.29, 1.82) is 0 Å². The number of benzene rings is 2. The van der Waals surface area contributed by atoms with Gasteiger partial charge in [-0.15, -0.1) is 0 Å². The maximum absolute atomic E-state index is 11.8. The molecule has 58 heavy (non-hydrogen) atoms. The van der Waals surface area contributed by atoms with Crippen molar-refractivity contribution < 1.29 is 33.3 Å². The van der Waals surface area contributed by atoms with Crippen LogP contribution in [0.25, 0.3) is 22.3 Å². The van der Waals surface area contributed by atoms with E-state index in [0.717, 1.165) is 76.9 Å². The first kappa shape index (κ1) is 42.2. The number of nitrogens with zero attached hydrogens (tertiary/aromatic N) is 5. The number of hydrogen-bond acceptors (Lipinski definition) is 13. The maximum atomic E-state index is 11.8. The van der Waals surface area contributed by atoms with Gasteiger partial charge in [-0.05, 0) is 57.2 Å². The summed E-state index contributed by atoms with van der Waals surface area (Å²) in [6.45, 7) is 11.4. The fourth-order valence-electron chi connectivity index (χ4n) is 6.49. The summed E-state index contributed by atoms with van der Waals surface area (Å²) in [5.74, 6) is 0.0377. The predicted octanol–water partition coefficient (Wildman–Crippen LogP) is 7.57. The van der Waals surface area contributed by atoms with Crippen LogP contribution in [0.15, 0.2) is 67.0 Å². The molecule has 5 aromatic rings. The highest BCUT2D eigenvalue weighted by atomic mass is 35.5. The highest BCUT2D eigenvalue weighted by molar-refractivity contribution is 6.33. The molecule has 16 heteroatoms. The highest BCUT2D eigenvalue weighted by Gasteiger charge is 2.24. The first-order valence-electron chi connectivity index (χ1n) is 18.9. The molecule has 2 N–H and O–H groups in total. The van der Waals surface area contributed by atoms with Crippen LogP contribution in [0.4, 0.5) is 28.6 Å². The van der Waals surface area contributed by atoms with Crippen LogP contribution in [-0.2, 0) is 23.8 Å². The molecule has 1 unspecified atom stereocenters. The quantitative estimate of drug-likeness (QED) is 0.0997. The number of morpholine rings is 2. The van der Waals surface area contributed by atoms with Crippen molar-refractivity contribution in [1.82, 2.24) is 15.0 Å². The van der Waals surface area contributed by atoms with Crippen LogP contribution in [0.5, 0.6) is 11.5 Å². The van der Waals surface area contributed by atoms with Crippen molar-refractivity contribution in [3.8, 4) is 22.9 Å². The molecule has 2 aromatic carbocycles. The number of carbonyl (C=O) groups excluding carboxylic acids is 2. The van der Waals surface area contributed by atoms with Gasteiger partial charge in [0.25, 0.3) is 0 Å². The molecule has 5 heterocycles. The van der Waals surface area contributed by atoms with Crippen molar-refractivity contribution in [2.75, 3.05) is 93.9 Å². The van der Waals surface area contributed by atoms with Gasteiger partial charge in [-0.2, -0.15) is 0 Å². The predicted molar refractivity (Wildman–Crippen MR) is 227 cm³/mol. The van der Waals surface area contributed by atoms with Crippen molar-refractivity contribution in [2.45, 2.75) is 20.8 Å². The van der Waals surface area contributed by atoms with E-state index in [1.807, 2.05) is 36.5 Å². The SMILES string of the molecule is CCOC(=O)C(C)C(=O)Nc1ccc(Cl)c(OC)c1.COc1cc2nc(-c3ccccn3)c(C)c(Nc3cc(N4CCOCC4)cnc3N3CCOCC3)c2cc1Cl. The van der Waals surface area contributed by atoms with E-state index >= 15 is 0 Å². The number of methoxy groups -OCH3 is 2. The van der Waals surface area contributed by atoms with Crippen LogP contribution < -0.4 is 29.9 Å². The molecule has 2 aliphatic rings. The molecule has 2 saturated heterocycles. The van der Waals surface area contributed by atoms with Crippen LogP contribution >= 0.6 is 23.2 Å². The van der Waals surface area contributed by atoms with Crippen LogP contribution in [0.3, 0.4) is 0 Å². The van der Waals surface area contributed by atoms with Crippen LogP contribution in [-0.4, -0.2) is 100 Å². The molecule has 0 spiro atoms. The van der Waals surface area contributed by atoms with Gasteiger partial charge < -0.3 is 44.1 Å². The van der Waals surface area contributed by atoms with Crippen molar-refractivity contribution in [3.05, 3.63) is 82.6 Å². The third-order valence-electron chi connectivity index (χ3n) is 9.66. The van der Waals surface area contributed by atoms with Gasteiger partial charge in [0.1, 0.15) is 17.4 Å². The summed E-state index contributed by atoms with van der Waals surface area (Å²) in [4.78, 5) is 42.4. The topological polar surface area (TPSA) is 150 Å². The summed E-state index contributed by atoms with van der Waals surface area (Å²) < 4.78 is 26.5. The number of nitrogens with one attached hydrogen (secondary N) is 2. The number of esters is 1. The first-order valence-corrected chi connectivity index (χ1v) is 19.7. The molecule has 306 valence electrons. The van der Waals surface area contributed by atoms with Crippen LogP contribution in [0.1, 0.15) is 19.4 Å². The van der Waals surface area contributed by atoms with Crippen molar-refractivity contribution in [3.63, 3.8) is 0 Å². The molecule has 0 bridgehead atoms. The number of ether oxygens (including phenoxy) is 5. The van der Waals surface area contributed by atoms with Gasteiger partial charge in [0.15, 0.2) is 5.82 Å². The average molecular weight is 833 g/mol. The second-order valence-electron chi connectivity index (χ2n) is 13.4. The normalized spacial score (nSPS) is 14.5. The molecule has 2 fully saturated rings. The summed E-state index contributed by atoms with van der Waals surface area (Å²) in [5.41, 5.74) is 6.68. The summed E-state index contributed by atoms with van der Waals surface area (Å²) in [5, 5.41) is 8.23. The number of hydrogen-bond donors (Lipinski definition) is 2. The van der Waals surface area contributed by atoms with Gasteiger partial charge in [-0.25, -0.2) is 9.97 Å². The zero-order valence-corrected chi connectivity index (χ0v) is 34.7. The van der Waals surface area contributed by atoms with Gasteiger partial charge in [-0.1, -0.05) is 29.3 Å². The fourth-order valence-corrected chi connectivity index (χ4v) is 6.92. The monoisotopic (exact) mass is 831 g/mol. The van der Waals surface area contributed by atoms with Gasteiger partial charge >= 0.3 is 5.97 Å². The largest absolute Gasteiger partial charge is 0.495 e. The Balaban J connectivity index is 0.000000252. The number of anilines is 5. The first-order chi connectivity index (χ1) is 28.1. The molecule has 14 nitrogen and oxygen atoms in total. The summed E-state index contributed by atoms with van der Waals surface area (Å²) in [6, 6.07) is 16.6. The number of pyridine rings is 3. The number of aromatic nitrogens is 3. The molecule has 0 saturated carbocycles. The summed E-state index contributed by atoms with van der Waals surface area (Å²) in [6.07, 6.45) is 3.74. The number of halogens is 2. The Morgan fingerprint density at radius 3 is 2.22 bits per heavy atom. The van der Waals surface area contributed by atoms with Gasteiger partial charge in [0.05, 0.1) is 97.5 Å². The lowest BCUT2D eigenvalue weighted by Gasteiger charge is -2.32. The zero-order chi connectivity index (χ0) is 41.2. The van der Waals surface area contributed by atoms with Gasteiger partial charge in [0, 0.05) is 61.1 Å². The summed E-state index contributed by atoms with van der Waals surface area (Å²) >= 11 is 12.5. The third kappa shape index (κ3) is 9.99. The number of fused-ring (bicyclic) bond motifs is 1. The molecule has 7 rings (SSSR count). The Bertz CT molecular complexity index is 2220. The van der Waals surface area contributed by atoms with E-state index in [4.69, 9.17) is 56.9 Å². The molecule has 3 aromatic heterocycles. The third-order valence-corrected chi connectivity index (χ3v) is 10.3. The molecule has 0 radical (unpaired) electrons. The molecular formula is C42H47Cl2N7O7. The van der Waals surface area contributed by atoms with E-state index in [9.17, 15) is 9.59 Å². The zero-order valence-electron chi connectivity index (χ0n) is 33.1. The van der Waals surface area contributed by atoms with Gasteiger partial charge in [-0.3, -0.25) is 14.6 Å². The van der Waals surface area contributed by atoms with E-state index in [1.165, 1.54) is 14.0 Å². The number of carbonyl (C=O) groups is 2. The fraction of sp³-hybridized carbons (Fsp3) is 0.357. The second kappa shape index (κ2) is 19.8. The number of amides is 1. The molecule has 1 amide bonds. The van der Waals surface area contributed by atoms with E-state index in [2.05, 4.69) is 38.4 Å². The lowest BCUT2D eigenvalue weighted by molar-refractivity contribution is -0.150. The molecule has 0 aliphatic carbocycles. The van der Waals surface area contributed by atoms with Crippen LogP contribution in [0.2, 0.25) is 10.0 Å². The Labute approximate surface area is 347 Å². The minimum atomic E-state index is -0.873. The molecular weight excluding hydrogens is 785 g/mol. The molecule has 2 aliphatic heterocycles. The highest BCUT2D eigenvalue weighted by Crippen LogP contribution is 2.41. The minimum Gasteiger partial charge on any atom is -0.495 e. The van der Waals surface area contributed by atoms with Crippen molar-refractivity contribution >= 4 is 74.5 Å². The average Bonchev–Trinajstić information content (AvgIpc) is 3.26. The minimum absolute atomic E-state index is 0.241. The van der Waals surface area contributed by atoms with E-state index in [1.54, 1.807) is 38.4 Å². The van der Waals surface area contributed by atoms with E-state index in [0.29, 0.717) is 53.7 Å². The second-order valence-corrected chi connectivity index (χ2v) is 14.2. The Kier molecular flexibility index (Phi) is 14.4. The lowest BCUT2D eigenvalue weighted by atomic mass is 10.0. The summed E-state index contributed by atoms with van der Waals surface area (Å²) in [7, 11) is 3.09. The Morgan fingerprint density at radius 1 is 0.879 bits per heavy atom. The lowest BCUT2D eigenvalue weighted by Crippen LogP contribution is -2.38. The van der Waals surface area contributed by atoms with E-state index < -0.39 is 17.8 Å². The maximum Gasteiger partial charge on any atom is 0.318 e. The van der Waals surface area contributed by atoms with E-state index in [-0.39, 0.29) is 6.61 Å². The molecule has 1 atom stereocenters. The Morgan fingerprint density at radius 2 is 1.57 bits per heavy atom.